The van der Waals surface area contributed by atoms with E-state index in [2.05, 4.69) is 28.6 Å². The zero-order valence-electron chi connectivity index (χ0n) is 12.3. The second kappa shape index (κ2) is 6.98. The van der Waals surface area contributed by atoms with Gasteiger partial charge in [0, 0.05) is 30.4 Å². The molecule has 2 heterocycles. The first-order chi connectivity index (χ1) is 10.4. The van der Waals surface area contributed by atoms with E-state index in [1.165, 1.54) is 35.6 Å². The van der Waals surface area contributed by atoms with Crippen LogP contribution in [-0.2, 0) is 4.74 Å². The van der Waals surface area contributed by atoms with Gasteiger partial charge in [0.25, 0.3) is 0 Å². The Labute approximate surface area is 125 Å². The molecule has 2 aromatic rings. The highest BCUT2D eigenvalue weighted by atomic mass is 16.5. The second-order valence-electron chi connectivity index (χ2n) is 5.73. The number of rotatable bonds is 5. The van der Waals surface area contributed by atoms with Gasteiger partial charge in [0.15, 0.2) is 0 Å². The lowest BCUT2D eigenvalue weighted by molar-refractivity contribution is 0.00856. The van der Waals surface area contributed by atoms with E-state index in [0.717, 1.165) is 19.4 Å². The summed E-state index contributed by atoms with van der Waals surface area (Å²) >= 11 is 0. The number of fused-ring (bicyclic) bond motifs is 1. The molecule has 1 saturated heterocycles. The number of hydrogen-bond donors (Lipinski definition) is 2. The topological polar surface area (TPSA) is 60.2 Å². The van der Waals surface area contributed by atoms with Crippen molar-refractivity contribution in [2.75, 3.05) is 6.61 Å². The van der Waals surface area contributed by atoms with Crippen molar-refractivity contribution in [3.8, 4) is 0 Å². The molecule has 21 heavy (non-hydrogen) atoms. The number of nitrogens with one attached hydrogen (secondary N) is 1. The van der Waals surface area contributed by atoms with Crippen LogP contribution >= 0.6 is 0 Å². The molecule has 0 spiro atoms. The fourth-order valence-corrected chi connectivity index (χ4v) is 3.16. The highest BCUT2D eigenvalue weighted by molar-refractivity contribution is 5.85. The van der Waals surface area contributed by atoms with E-state index >= 15 is 0 Å². The summed E-state index contributed by atoms with van der Waals surface area (Å²) < 4.78 is 5.82. The van der Waals surface area contributed by atoms with Gasteiger partial charge < -0.3 is 4.74 Å². The summed E-state index contributed by atoms with van der Waals surface area (Å²) in [7, 11) is 0. The maximum absolute atomic E-state index is 5.82. The van der Waals surface area contributed by atoms with Crippen LogP contribution < -0.4 is 11.3 Å². The molecule has 0 aliphatic carbocycles. The Balaban J connectivity index is 1.75. The molecule has 3 N–H and O–H groups in total. The first kappa shape index (κ1) is 14.4. The van der Waals surface area contributed by atoms with Crippen molar-refractivity contribution >= 4 is 10.8 Å². The molecule has 2 atom stereocenters. The lowest BCUT2D eigenvalue weighted by atomic mass is 9.95. The van der Waals surface area contributed by atoms with E-state index in [0.29, 0.717) is 6.10 Å². The lowest BCUT2D eigenvalue weighted by Gasteiger charge is -2.25. The molecule has 1 aromatic carbocycles. The summed E-state index contributed by atoms with van der Waals surface area (Å²) in [6, 6.07) is 8.51. The minimum atomic E-state index is 0.142. The van der Waals surface area contributed by atoms with Crippen LogP contribution in [-0.4, -0.2) is 17.7 Å². The normalized spacial score (nSPS) is 20.5. The third-order valence-electron chi connectivity index (χ3n) is 4.35. The first-order valence-corrected chi connectivity index (χ1v) is 7.79. The fourth-order valence-electron chi connectivity index (χ4n) is 3.16. The Kier molecular flexibility index (Phi) is 4.80. The van der Waals surface area contributed by atoms with Crippen LogP contribution in [0.15, 0.2) is 36.7 Å². The molecule has 4 heteroatoms. The molecule has 1 aliphatic rings. The smallest absolute Gasteiger partial charge is 0.0575 e. The van der Waals surface area contributed by atoms with Crippen molar-refractivity contribution in [3.05, 3.63) is 42.2 Å². The van der Waals surface area contributed by atoms with E-state index in [4.69, 9.17) is 10.6 Å². The van der Waals surface area contributed by atoms with E-state index < -0.39 is 0 Å². The number of nitrogens with two attached hydrogens (primary N) is 1. The van der Waals surface area contributed by atoms with E-state index in [1.54, 1.807) is 0 Å². The highest BCUT2D eigenvalue weighted by Crippen LogP contribution is 2.28. The third-order valence-corrected chi connectivity index (χ3v) is 4.35. The number of ether oxygens (including phenoxy) is 1. The molecule has 1 aliphatic heterocycles. The Morgan fingerprint density at radius 1 is 1.33 bits per heavy atom. The van der Waals surface area contributed by atoms with E-state index in [-0.39, 0.29) is 6.04 Å². The quantitative estimate of drug-likeness (QED) is 0.654. The van der Waals surface area contributed by atoms with Gasteiger partial charge in [-0.05, 0) is 49.1 Å². The number of hydrogen-bond acceptors (Lipinski definition) is 4. The summed E-state index contributed by atoms with van der Waals surface area (Å²) in [5.41, 5.74) is 4.19. The largest absolute Gasteiger partial charge is 0.378 e. The Bertz CT molecular complexity index is 576. The molecule has 0 bridgehead atoms. The van der Waals surface area contributed by atoms with Crippen molar-refractivity contribution in [2.45, 2.75) is 44.2 Å². The monoisotopic (exact) mass is 285 g/mol. The molecule has 4 nitrogen and oxygen atoms in total. The Hall–Kier alpha value is -1.49. The van der Waals surface area contributed by atoms with Crippen molar-refractivity contribution < 1.29 is 4.74 Å². The summed E-state index contributed by atoms with van der Waals surface area (Å²) in [5, 5.41) is 2.38. The summed E-state index contributed by atoms with van der Waals surface area (Å²) in [4.78, 5) is 4.25. The average Bonchev–Trinajstić information content (AvgIpc) is 2.56. The first-order valence-electron chi connectivity index (χ1n) is 7.79. The zero-order valence-corrected chi connectivity index (χ0v) is 12.3. The van der Waals surface area contributed by atoms with Crippen LogP contribution in [0.3, 0.4) is 0 Å². The summed E-state index contributed by atoms with van der Waals surface area (Å²) in [6.07, 6.45) is 9.82. The van der Waals surface area contributed by atoms with Crippen molar-refractivity contribution in [3.63, 3.8) is 0 Å². The van der Waals surface area contributed by atoms with Gasteiger partial charge in [-0.2, -0.15) is 0 Å². The number of aromatic nitrogens is 1. The van der Waals surface area contributed by atoms with Gasteiger partial charge in [-0.15, -0.1) is 0 Å². The van der Waals surface area contributed by atoms with E-state index in [9.17, 15) is 0 Å². The van der Waals surface area contributed by atoms with Gasteiger partial charge >= 0.3 is 0 Å². The van der Waals surface area contributed by atoms with Crippen LogP contribution in [0.1, 0.15) is 43.7 Å². The fraction of sp³-hybridized carbons (Fsp3) is 0.471. The van der Waals surface area contributed by atoms with Crippen LogP contribution in [0.4, 0.5) is 0 Å². The molecule has 1 fully saturated rings. The van der Waals surface area contributed by atoms with E-state index in [1.807, 2.05) is 18.5 Å². The predicted octanol–water partition coefficient (Wildman–Crippen LogP) is 3.09. The number of hydrazine groups is 1. The number of nitrogens with zero attached hydrogens (tertiary/aromatic N) is 1. The number of benzene rings is 1. The van der Waals surface area contributed by atoms with Crippen LogP contribution in [0.2, 0.25) is 0 Å². The summed E-state index contributed by atoms with van der Waals surface area (Å²) in [5.74, 6) is 5.80. The van der Waals surface area contributed by atoms with Crippen molar-refractivity contribution in [1.29, 1.82) is 0 Å². The molecule has 2 unspecified atom stereocenters. The highest BCUT2D eigenvalue weighted by Gasteiger charge is 2.18. The zero-order chi connectivity index (χ0) is 14.5. The van der Waals surface area contributed by atoms with Gasteiger partial charge in [0.2, 0.25) is 0 Å². The molecule has 1 aromatic heterocycles. The molecule has 112 valence electrons. The Morgan fingerprint density at radius 2 is 2.29 bits per heavy atom. The van der Waals surface area contributed by atoms with Gasteiger partial charge in [-0.1, -0.05) is 18.2 Å². The molecule has 0 radical (unpaired) electrons. The molecular formula is C17H23N3O. The summed E-state index contributed by atoms with van der Waals surface area (Å²) in [6.45, 7) is 0.906. The third kappa shape index (κ3) is 3.40. The lowest BCUT2D eigenvalue weighted by Crippen LogP contribution is -2.30. The van der Waals surface area contributed by atoms with Crippen LogP contribution in [0.25, 0.3) is 10.8 Å². The molecular weight excluding hydrogens is 262 g/mol. The minimum absolute atomic E-state index is 0.142. The molecule has 0 amide bonds. The molecule has 3 rings (SSSR count). The van der Waals surface area contributed by atoms with Crippen LogP contribution in [0.5, 0.6) is 0 Å². The van der Waals surface area contributed by atoms with Crippen LogP contribution in [0, 0.1) is 0 Å². The molecule has 0 saturated carbocycles. The van der Waals surface area contributed by atoms with Gasteiger partial charge in [-0.25, -0.2) is 0 Å². The van der Waals surface area contributed by atoms with Crippen molar-refractivity contribution in [1.82, 2.24) is 10.4 Å². The van der Waals surface area contributed by atoms with Gasteiger partial charge in [0.1, 0.15) is 0 Å². The van der Waals surface area contributed by atoms with Gasteiger partial charge in [0.05, 0.1) is 6.10 Å². The Morgan fingerprint density at radius 3 is 3.10 bits per heavy atom. The maximum Gasteiger partial charge on any atom is 0.0575 e. The standard InChI is InChI=1S/C17H23N3O/c18-20-17(8-7-14-5-1-2-11-21-14)15-6-3-4-13-9-10-19-12-16(13)15/h3-4,6,9-10,12,14,17,20H,1-2,5,7-8,11,18H2. The average molecular weight is 285 g/mol. The minimum Gasteiger partial charge on any atom is -0.378 e. The number of pyridine rings is 1. The van der Waals surface area contributed by atoms with Gasteiger partial charge in [-0.3, -0.25) is 16.3 Å². The maximum atomic E-state index is 5.82. The second-order valence-corrected chi connectivity index (χ2v) is 5.73. The van der Waals surface area contributed by atoms with Crippen molar-refractivity contribution in [2.24, 2.45) is 5.84 Å². The SMILES string of the molecule is NNC(CCC1CCCCO1)c1cccc2ccncc12. The predicted molar refractivity (Wildman–Crippen MR) is 84.6 cm³/mol.